The Morgan fingerprint density at radius 3 is 2.25 bits per heavy atom. The van der Waals surface area contributed by atoms with Crippen LogP contribution in [0.1, 0.15) is 34.0 Å². The van der Waals surface area contributed by atoms with Crippen LogP contribution >= 0.6 is 0 Å². The highest BCUT2D eigenvalue weighted by atomic mass is 16.5. The van der Waals surface area contributed by atoms with Crippen molar-refractivity contribution in [3.05, 3.63) is 64.7 Å². The summed E-state index contributed by atoms with van der Waals surface area (Å²) in [6, 6.07) is 12.6. The van der Waals surface area contributed by atoms with Crippen LogP contribution in [0.15, 0.2) is 42.5 Å². The maximum atomic E-state index is 12.4. The van der Waals surface area contributed by atoms with E-state index >= 15 is 0 Å². The Balaban J connectivity index is 1.90. The minimum atomic E-state index is -0.994. The number of hydrogen-bond donors (Lipinski definition) is 1. The molecule has 0 radical (unpaired) electrons. The number of carbonyl (C=O) groups excluding carboxylic acids is 3. The van der Waals surface area contributed by atoms with Crippen molar-refractivity contribution in [2.75, 3.05) is 18.9 Å². The van der Waals surface area contributed by atoms with Crippen molar-refractivity contribution in [2.24, 2.45) is 0 Å². The van der Waals surface area contributed by atoms with Gasteiger partial charge in [0.05, 0.1) is 12.1 Å². The molecule has 0 unspecified atom stereocenters. The summed E-state index contributed by atoms with van der Waals surface area (Å²) in [6.45, 7) is 7.17. The molecule has 2 aromatic carbocycles. The van der Waals surface area contributed by atoms with Crippen molar-refractivity contribution >= 4 is 23.5 Å². The van der Waals surface area contributed by atoms with Gasteiger partial charge < -0.3 is 15.0 Å². The van der Waals surface area contributed by atoms with E-state index in [2.05, 4.69) is 5.32 Å². The van der Waals surface area contributed by atoms with E-state index in [4.69, 9.17) is 4.74 Å². The van der Waals surface area contributed by atoms with Crippen molar-refractivity contribution < 1.29 is 19.1 Å². The van der Waals surface area contributed by atoms with Crippen LogP contribution in [0.5, 0.6) is 0 Å². The van der Waals surface area contributed by atoms with E-state index < -0.39 is 18.0 Å². The van der Waals surface area contributed by atoms with Crippen molar-refractivity contribution in [2.45, 2.75) is 33.8 Å². The Bertz CT molecular complexity index is 875. The van der Waals surface area contributed by atoms with Gasteiger partial charge in [0, 0.05) is 12.7 Å². The molecular weight excluding hydrogens is 356 g/mol. The second kappa shape index (κ2) is 9.17. The molecular formula is C22H26N2O4. The monoisotopic (exact) mass is 382 g/mol. The molecule has 0 saturated heterocycles. The van der Waals surface area contributed by atoms with Gasteiger partial charge in [-0.15, -0.1) is 0 Å². The van der Waals surface area contributed by atoms with Gasteiger partial charge in [0.2, 0.25) is 5.91 Å². The molecule has 2 rings (SSSR count). The molecule has 6 heteroatoms. The molecule has 2 amide bonds. The molecule has 1 atom stereocenters. The summed E-state index contributed by atoms with van der Waals surface area (Å²) in [5, 5.41) is 2.73. The molecule has 0 aliphatic carbocycles. The van der Waals surface area contributed by atoms with Crippen molar-refractivity contribution in [1.82, 2.24) is 4.90 Å². The number of benzene rings is 2. The number of hydrogen-bond acceptors (Lipinski definition) is 4. The number of likely N-dealkylation sites (N-methyl/N-ethyl adjacent to an activating group) is 1. The van der Waals surface area contributed by atoms with E-state index in [0.717, 1.165) is 16.7 Å². The predicted octanol–water partition coefficient (Wildman–Crippen LogP) is 3.25. The van der Waals surface area contributed by atoms with Crippen molar-refractivity contribution in [3.63, 3.8) is 0 Å². The molecule has 0 fully saturated rings. The second-order valence-corrected chi connectivity index (χ2v) is 6.96. The average Bonchev–Trinajstić information content (AvgIpc) is 2.64. The number of rotatable bonds is 6. The minimum absolute atomic E-state index is 0.141. The number of esters is 1. The SMILES string of the molecule is Cc1ccc(NC(=O)CN(C)C(=O)[C@@H](C)OC(=O)c2ccc(C)c(C)c2)cc1. The Labute approximate surface area is 165 Å². The van der Waals surface area contributed by atoms with Gasteiger partial charge in [0.25, 0.3) is 5.91 Å². The number of carbonyl (C=O) groups is 3. The van der Waals surface area contributed by atoms with Crippen molar-refractivity contribution in [3.8, 4) is 0 Å². The third kappa shape index (κ3) is 5.67. The van der Waals surface area contributed by atoms with Crippen LogP contribution in [0.2, 0.25) is 0 Å². The summed E-state index contributed by atoms with van der Waals surface area (Å²) in [5.41, 5.74) is 4.18. The molecule has 2 aromatic rings. The number of nitrogens with zero attached hydrogens (tertiary/aromatic N) is 1. The standard InChI is InChI=1S/C22H26N2O4/c1-14-6-10-19(11-7-14)23-20(25)13-24(5)21(26)17(4)28-22(27)18-9-8-15(2)16(3)12-18/h6-12,17H,13H2,1-5H3,(H,23,25)/t17-/m1/s1. The number of anilines is 1. The van der Waals surface area contributed by atoms with Gasteiger partial charge >= 0.3 is 5.97 Å². The quantitative estimate of drug-likeness (QED) is 0.778. The summed E-state index contributed by atoms with van der Waals surface area (Å²) < 4.78 is 5.27. The minimum Gasteiger partial charge on any atom is -0.449 e. The number of aryl methyl sites for hydroxylation is 3. The van der Waals surface area contributed by atoms with E-state index in [0.29, 0.717) is 11.3 Å². The van der Waals surface area contributed by atoms with Crippen LogP contribution in [0, 0.1) is 20.8 Å². The fraction of sp³-hybridized carbons (Fsp3) is 0.318. The summed E-state index contributed by atoms with van der Waals surface area (Å²) in [7, 11) is 1.50. The first-order valence-electron chi connectivity index (χ1n) is 9.07. The van der Waals surface area contributed by atoms with Gasteiger partial charge in [-0.3, -0.25) is 9.59 Å². The molecule has 148 valence electrons. The van der Waals surface area contributed by atoms with Crippen LogP contribution in [0.25, 0.3) is 0 Å². The third-order valence-electron chi connectivity index (χ3n) is 4.47. The molecule has 0 aromatic heterocycles. The zero-order valence-corrected chi connectivity index (χ0v) is 16.9. The number of amides is 2. The van der Waals surface area contributed by atoms with Crippen LogP contribution in [0.4, 0.5) is 5.69 Å². The highest BCUT2D eigenvalue weighted by Crippen LogP contribution is 2.12. The Morgan fingerprint density at radius 1 is 1.00 bits per heavy atom. The van der Waals surface area contributed by atoms with Crippen molar-refractivity contribution in [1.29, 1.82) is 0 Å². The first-order chi connectivity index (χ1) is 13.2. The highest BCUT2D eigenvalue weighted by molar-refractivity contribution is 5.96. The van der Waals surface area contributed by atoms with Crippen LogP contribution < -0.4 is 5.32 Å². The van der Waals surface area contributed by atoms with E-state index in [1.165, 1.54) is 18.9 Å². The van der Waals surface area contributed by atoms with Gasteiger partial charge in [0.1, 0.15) is 0 Å². The van der Waals surface area contributed by atoms with Crippen LogP contribution in [0.3, 0.4) is 0 Å². The molecule has 28 heavy (non-hydrogen) atoms. The van der Waals surface area contributed by atoms with Gasteiger partial charge in [-0.05, 0) is 63.1 Å². The summed E-state index contributed by atoms with van der Waals surface area (Å²) in [5.74, 6) is -1.34. The first-order valence-corrected chi connectivity index (χ1v) is 9.07. The molecule has 0 aliphatic heterocycles. The summed E-state index contributed by atoms with van der Waals surface area (Å²) in [6.07, 6.45) is -0.994. The summed E-state index contributed by atoms with van der Waals surface area (Å²) in [4.78, 5) is 38.1. The zero-order chi connectivity index (χ0) is 20.8. The smallest absolute Gasteiger partial charge is 0.338 e. The predicted molar refractivity (Wildman–Crippen MR) is 108 cm³/mol. The lowest BCUT2D eigenvalue weighted by molar-refractivity contribution is -0.140. The number of ether oxygens (including phenoxy) is 1. The molecule has 0 bridgehead atoms. The Kier molecular flexibility index (Phi) is 6.93. The first kappa shape index (κ1) is 21.2. The topological polar surface area (TPSA) is 75.7 Å². The normalized spacial score (nSPS) is 11.5. The fourth-order valence-electron chi connectivity index (χ4n) is 2.59. The highest BCUT2D eigenvalue weighted by Gasteiger charge is 2.23. The maximum absolute atomic E-state index is 12.4. The lowest BCUT2D eigenvalue weighted by Gasteiger charge is -2.21. The number of nitrogens with one attached hydrogen (secondary N) is 1. The molecule has 1 N–H and O–H groups in total. The van der Waals surface area contributed by atoms with Gasteiger partial charge in [-0.2, -0.15) is 0 Å². The Morgan fingerprint density at radius 2 is 1.64 bits per heavy atom. The molecule has 0 heterocycles. The molecule has 0 spiro atoms. The zero-order valence-electron chi connectivity index (χ0n) is 16.9. The summed E-state index contributed by atoms with van der Waals surface area (Å²) >= 11 is 0. The van der Waals surface area contributed by atoms with E-state index in [1.807, 2.05) is 39.0 Å². The lowest BCUT2D eigenvalue weighted by Crippen LogP contribution is -2.41. The average molecular weight is 382 g/mol. The van der Waals surface area contributed by atoms with Gasteiger partial charge in [-0.25, -0.2) is 4.79 Å². The van der Waals surface area contributed by atoms with Crippen LogP contribution in [-0.4, -0.2) is 42.4 Å². The Hall–Kier alpha value is -3.15. The maximum Gasteiger partial charge on any atom is 0.338 e. The third-order valence-corrected chi connectivity index (χ3v) is 4.47. The second-order valence-electron chi connectivity index (χ2n) is 6.96. The fourth-order valence-corrected chi connectivity index (χ4v) is 2.59. The van der Waals surface area contributed by atoms with E-state index in [1.54, 1.807) is 24.3 Å². The lowest BCUT2D eigenvalue weighted by atomic mass is 10.1. The van der Waals surface area contributed by atoms with Gasteiger partial charge in [0.15, 0.2) is 6.10 Å². The van der Waals surface area contributed by atoms with Crippen LogP contribution in [-0.2, 0) is 14.3 Å². The molecule has 0 aliphatic rings. The van der Waals surface area contributed by atoms with Gasteiger partial charge in [-0.1, -0.05) is 23.8 Å². The molecule has 6 nitrogen and oxygen atoms in total. The van der Waals surface area contributed by atoms with E-state index in [9.17, 15) is 14.4 Å². The molecule has 0 saturated carbocycles. The largest absolute Gasteiger partial charge is 0.449 e. The van der Waals surface area contributed by atoms with E-state index in [-0.39, 0.29) is 12.5 Å².